The Morgan fingerprint density at radius 3 is 2.37 bits per heavy atom. The van der Waals surface area contributed by atoms with Gasteiger partial charge in [0, 0.05) is 38.3 Å². The fourth-order valence-corrected chi connectivity index (χ4v) is 3.18. The first-order valence-electron chi connectivity index (χ1n) is 8.55. The van der Waals surface area contributed by atoms with E-state index in [1.165, 1.54) is 13.2 Å². The third kappa shape index (κ3) is 3.79. The molecule has 8 heteroatoms. The predicted octanol–water partition coefficient (Wildman–Crippen LogP) is 2.57. The van der Waals surface area contributed by atoms with Gasteiger partial charge in [-0.2, -0.15) is 0 Å². The number of ether oxygens (including phenoxy) is 2. The summed E-state index contributed by atoms with van der Waals surface area (Å²) in [7, 11) is 3.07. The Hall–Kier alpha value is -3.29. The molecule has 1 aliphatic rings. The number of para-hydroxylation sites is 2. The summed E-state index contributed by atoms with van der Waals surface area (Å²) in [6.45, 7) is 1.99. The van der Waals surface area contributed by atoms with E-state index in [9.17, 15) is 14.9 Å². The van der Waals surface area contributed by atoms with E-state index in [-0.39, 0.29) is 16.5 Å². The molecule has 8 nitrogen and oxygen atoms in total. The maximum atomic E-state index is 12.9. The zero-order valence-corrected chi connectivity index (χ0v) is 15.3. The number of nitro benzene ring substituents is 1. The molecule has 0 spiro atoms. The Balaban J connectivity index is 1.73. The maximum Gasteiger partial charge on any atom is 0.292 e. The van der Waals surface area contributed by atoms with Crippen LogP contribution in [0.25, 0.3) is 0 Å². The first-order chi connectivity index (χ1) is 13.0. The third-order valence-electron chi connectivity index (χ3n) is 4.63. The molecule has 1 heterocycles. The number of nitro groups is 1. The lowest BCUT2D eigenvalue weighted by Crippen LogP contribution is -2.49. The van der Waals surface area contributed by atoms with Crippen LogP contribution in [0.2, 0.25) is 0 Å². The molecule has 2 aromatic carbocycles. The molecule has 0 bridgehead atoms. The molecule has 0 radical (unpaired) electrons. The van der Waals surface area contributed by atoms with Crippen LogP contribution in [0.15, 0.2) is 42.5 Å². The number of rotatable bonds is 5. The van der Waals surface area contributed by atoms with Crippen molar-refractivity contribution in [1.82, 2.24) is 4.90 Å². The van der Waals surface area contributed by atoms with Crippen molar-refractivity contribution in [1.29, 1.82) is 0 Å². The van der Waals surface area contributed by atoms with Gasteiger partial charge in [-0.1, -0.05) is 12.1 Å². The molecule has 0 aliphatic carbocycles. The van der Waals surface area contributed by atoms with E-state index in [1.54, 1.807) is 48.4 Å². The van der Waals surface area contributed by atoms with Gasteiger partial charge < -0.3 is 19.3 Å². The van der Waals surface area contributed by atoms with Crippen LogP contribution in [0.5, 0.6) is 11.5 Å². The lowest BCUT2D eigenvalue weighted by molar-refractivity contribution is -0.384. The Morgan fingerprint density at radius 1 is 1.04 bits per heavy atom. The van der Waals surface area contributed by atoms with E-state index in [0.717, 1.165) is 0 Å². The molecule has 1 saturated heterocycles. The summed E-state index contributed by atoms with van der Waals surface area (Å²) in [5.41, 5.74) is 1.13. The molecular weight excluding hydrogens is 350 g/mol. The summed E-state index contributed by atoms with van der Waals surface area (Å²) in [5, 5.41) is 11.2. The van der Waals surface area contributed by atoms with Crippen molar-refractivity contribution in [3.8, 4) is 11.5 Å². The van der Waals surface area contributed by atoms with Crippen LogP contribution in [0.4, 0.5) is 11.4 Å². The topological polar surface area (TPSA) is 85.2 Å². The molecule has 0 aromatic heterocycles. The Morgan fingerprint density at radius 2 is 1.74 bits per heavy atom. The first-order valence-corrected chi connectivity index (χ1v) is 8.55. The first kappa shape index (κ1) is 18.5. The van der Waals surface area contributed by atoms with Crippen LogP contribution >= 0.6 is 0 Å². The number of piperazine rings is 1. The number of hydrogen-bond donors (Lipinski definition) is 0. The quantitative estimate of drug-likeness (QED) is 0.593. The van der Waals surface area contributed by atoms with Crippen LogP contribution in [0.3, 0.4) is 0 Å². The summed E-state index contributed by atoms with van der Waals surface area (Å²) in [6.07, 6.45) is 0. The molecule has 142 valence electrons. The average Bonchev–Trinajstić information content (AvgIpc) is 2.72. The highest BCUT2D eigenvalue weighted by atomic mass is 16.6. The normalized spacial score (nSPS) is 14.0. The lowest BCUT2D eigenvalue weighted by Gasteiger charge is -2.36. The Kier molecular flexibility index (Phi) is 5.44. The fraction of sp³-hybridized carbons (Fsp3) is 0.316. The van der Waals surface area contributed by atoms with Gasteiger partial charge in [0.25, 0.3) is 11.6 Å². The van der Waals surface area contributed by atoms with E-state index in [4.69, 9.17) is 9.47 Å². The molecule has 0 atom stereocenters. The number of amides is 1. The largest absolute Gasteiger partial charge is 0.497 e. The van der Waals surface area contributed by atoms with Crippen molar-refractivity contribution in [3.63, 3.8) is 0 Å². The number of anilines is 1. The van der Waals surface area contributed by atoms with Crippen LogP contribution in [-0.4, -0.2) is 56.1 Å². The predicted molar refractivity (Wildman–Crippen MR) is 101 cm³/mol. The van der Waals surface area contributed by atoms with Gasteiger partial charge in [-0.3, -0.25) is 14.9 Å². The van der Waals surface area contributed by atoms with E-state index in [2.05, 4.69) is 0 Å². The van der Waals surface area contributed by atoms with Crippen molar-refractivity contribution < 1.29 is 19.2 Å². The highest BCUT2D eigenvalue weighted by molar-refractivity contribution is 5.97. The third-order valence-corrected chi connectivity index (χ3v) is 4.63. The average molecular weight is 371 g/mol. The van der Waals surface area contributed by atoms with Gasteiger partial charge in [0.1, 0.15) is 17.2 Å². The second-order valence-electron chi connectivity index (χ2n) is 6.09. The molecule has 0 saturated carbocycles. The molecule has 1 fully saturated rings. The van der Waals surface area contributed by atoms with E-state index < -0.39 is 0 Å². The van der Waals surface area contributed by atoms with Crippen molar-refractivity contribution in [2.45, 2.75) is 0 Å². The van der Waals surface area contributed by atoms with Gasteiger partial charge in [0.05, 0.1) is 24.7 Å². The lowest BCUT2D eigenvalue weighted by atomic mass is 10.1. The van der Waals surface area contributed by atoms with Gasteiger partial charge in [0.2, 0.25) is 0 Å². The number of benzene rings is 2. The highest BCUT2D eigenvalue weighted by Crippen LogP contribution is 2.29. The van der Waals surface area contributed by atoms with E-state index in [0.29, 0.717) is 48.9 Å². The molecule has 0 N–H and O–H groups in total. The standard InChI is InChI=1S/C19H21N3O5/c1-26-14-7-8-15(18(13-14)27-2)19(23)21-11-9-20(10-12-21)16-5-3-4-6-17(16)22(24)25/h3-8,13H,9-12H2,1-2H3. The summed E-state index contributed by atoms with van der Waals surface area (Å²) >= 11 is 0. The van der Waals surface area contributed by atoms with E-state index >= 15 is 0 Å². The van der Waals surface area contributed by atoms with Gasteiger partial charge in [-0.05, 0) is 18.2 Å². The monoisotopic (exact) mass is 371 g/mol. The minimum absolute atomic E-state index is 0.0779. The van der Waals surface area contributed by atoms with Crippen molar-refractivity contribution in [3.05, 3.63) is 58.1 Å². The maximum absolute atomic E-state index is 12.9. The number of nitrogens with zero attached hydrogens (tertiary/aromatic N) is 3. The van der Waals surface area contributed by atoms with Crippen molar-refractivity contribution in [2.24, 2.45) is 0 Å². The van der Waals surface area contributed by atoms with Crippen LogP contribution < -0.4 is 14.4 Å². The summed E-state index contributed by atoms with van der Waals surface area (Å²) < 4.78 is 10.5. The Bertz CT molecular complexity index is 847. The van der Waals surface area contributed by atoms with Crippen molar-refractivity contribution >= 4 is 17.3 Å². The molecule has 1 amide bonds. The number of carbonyl (C=O) groups is 1. The minimum atomic E-state index is -0.380. The fourth-order valence-electron chi connectivity index (χ4n) is 3.18. The number of carbonyl (C=O) groups excluding carboxylic acids is 1. The molecule has 0 unspecified atom stereocenters. The van der Waals surface area contributed by atoms with Gasteiger partial charge in [0.15, 0.2) is 0 Å². The molecule has 27 heavy (non-hydrogen) atoms. The molecule has 2 aromatic rings. The second-order valence-corrected chi connectivity index (χ2v) is 6.09. The second kappa shape index (κ2) is 7.94. The van der Waals surface area contributed by atoms with Crippen LogP contribution in [0.1, 0.15) is 10.4 Å². The zero-order valence-electron chi connectivity index (χ0n) is 15.3. The number of hydrogen-bond acceptors (Lipinski definition) is 6. The summed E-state index contributed by atoms with van der Waals surface area (Å²) in [6, 6.07) is 11.8. The SMILES string of the molecule is COc1ccc(C(=O)N2CCN(c3ccccc3[N+](=O)[O-])CC2)c(OC)c1. The molecule has 3 rings (SSSR count). The minimum Gasteiger partial charge on any atom is -0.497 e. The van der Waals surface area contributed by atoms with Crippen molar-refractivity contribution in [2.75, 3.05) is 45.3 Å². The smallest absolute Gasteiger partial charge is 0.292 e. The molecule has 1 aliphatic heterocycles. The van der Waals surface area contributed by atoms with Gasteiger partial charge in [-0.25, -0.2) is 0 Å². The van der Waals surface area contributed by atoms with Crippen LogP contribution in [0, 0.1) is 10.1 Å². The number of methoxy groups -OCH3 is 2. The summed E-state index contributed by atoms with van der Waals surface area (Å²) in [4.78, 5) is 27.4. The Labute approximate surface area is 157 Å². The molecular formula is C19H21N3O5. The van der Waals surface area contributed by atoms with Crippen LogP contribution in [-0.2, 0) is 0 Å². The zero-order chi connectivity index (χ0) is 19.4. The highest BCUT2D eigenvalue weighted by Gasteiger charge is 2.27. The van der Waals surface area contributed by atoms with E-state index in [1.807, 2.05) is 4.90 Å². The van der Waals surface area contributed by atoms with Gasteiger partial charge in [-0.15, -0.1) is 0 Å². The summed E-state index contributed by atoms with van der Waals surface area (Å²) in [5.74, 6) is 0.946. The van der Waals surface area contributed by atoms with Gasteiger partial charge >= 0.3 is 0 Å².